The SMILES string of the molecule is Cc1ccc(S(=O)n2ccc3c(-c4c(C)nc5cc(C)nn5c4Oc4ccc(F)cc4F)cn(C)c(=O)c32)cc1. The van der Waals surface area contributed by atoms with E-state index in [2.05, 4.69) is 10.1 Å². The number of pyridine rings is 1. The molecule has 11 heteroatoms. The first-order valence-corrected chi connectivity index (χ1v) is 13.4. The van der Waals surface area contributed by atoms with Gasteiger partial charge in [-0.05, 0) is 51.1 Å². The summed E-state index contributed by atoms with van der Waals surface area (Å²) in [7, 11) is -0.100. The summed E-state index contributed by atoms with van der Waals surface area (Å²) in [6.45, 7) is 5.49. The summed E-state index contributed by atoms with van der Waals surface area (Å²) in [5.74, 6) is -1.70. The standard InChI is InChI=1S/C29H23F2N5O3S/c1-16-5-8-20(9-6-16)40(38)35-12-11-21-22(15-34(4)28(37)27(21)35)26-18(3)32-25-13-17(2)33-36(25)29(26)39-24-10-7-19(30)14-23(24)31/h5-15H,1-4H3. The maximum absolute atomic E-state index is 14.7. The van der Waals surface area contributed by atoms with Crippen molar-refractivity contribution in [3.63, 3.8) is 0 Å². The highest BCUT2D eigenvalue weighted by molar-refractivity contribution is 7.83. The molecule has 4 heterocycles. The van der Waals surface area contributed by atoms with Gasteiger partial charge in [0.2, 0.25) is 5.88 Å². The molecule has 0 spiro atoms. The zero-order valence-corrected chi connectivity index (χ0v) is 22.8. The van der Waals surface area contributed by atoms with Crippen LogP contribution in [0.3, 0.4) is 0 Å². The van der Waals surface area contributed by atoms with Crippen LogP contribution in [0, 0.1) is 32.4 Å². The average Bonchev–Trinajstić information content (AvgIpc) is 3.52. The van der Waals surface area contributed by atoms with Gasteiger partial charge in [0, 0.05) is 42.5 Å². The Bertz CT molecular complexity index is 2040. The fraction of sp³-hybridized carbons (Fsp3) is 0.138. The van der Waals surface area contributed by atoms with Crippen molar-refractivity contribution in [1.82, 2.24) is 23.1 Å². The van der Waals surface area contributed by atoms with Crippen molar-refractivity contribution in [2.24, 2.45) is 7.05 Å². The van der Waals surface area contributed by atoms with Gasteiger partial charge in [-0.3, -0.25) is 8.77 Å². The number of rotatable bonds is 5. The van der Waals surface area contributed by atoms with E-state index in [9.17, 15) is 17.8 Å². The highest BCUT2D eigenvalue weighted by Crippen LogP contribution is 2.39. The monoisotopic (exact) mass is 559 g/mol. The minimum Gasteiger partial charge on any atom is -0.435 e. The minimum atomic E-state index is -1.69. The first-order valence-electron chi connectivity index (χ1n) is 12.3. The van der Waals surface area contributed by atoms with Crippen LogP contribution in [0.5, 0.6) is 11.6 Å². The number of aromatic nitrogens is 5. The summed E-state index contributed by atoms with van der Waals surface area (Å²) in [6, 6.07) is 13.7. The van der Waals surface area contributed by atoms with Crippen LogP contribution >= 0.6 is 0 Å². The number of ether oxygens (including phenoxy) is 1. The number of benzene rings is 2. The Labute approximate surface area is 229 Å². The largest absolute Gasteiger partial charge is 0.435 e. The Hall–Kier alpha value is -4.64. The third-order valence-electron chi connectivity index (χ3n) is 6.62. The molecule has 0 aliphatic heterocycles. The molecule has 6 aromatic rings. The molecule has 0 saturated heterocycles. The Morgan fingerprint density at radius 1 is 0.975 bits per heavy atom. The van der Waals surface area contributed by atoms with Gasteiger partial charge in [-0.1, -0.05) is 17.7 Å². The maximum atomic E-state index is 14.7. The summed E-state index contributed by atoms with van der Waals surface area (Å²) in [4.78, 5) is 18.6. The van der Waals surface area contributed by atoms with Gasteiger partial charge in [-0.25, -0.2) is 18.0 Å². The molecule has 2 aromatic carbocycles. The predicted octanol–water partition coefficient (Wildman–Crippen LogP) is 5.62. The van der Waals surface area contributed by atoms with E-state index in [0.717, 1.165) is 17.7 Å². The quantitative estimate of drug-likeness (QED) is 0.274. The van der Waals surface area contributed by atoms with Crippen LogP contribution in [0.15, 0.2) is 76.7 Å². The summed E-state index contributed by atoms with van der Waals surface area (Å²) in [5.41, 5.74) is 3.51. The highest BCUT2D eigenvalue weighted by Gasteiger charge is 2.25. The molecule has 0 N–H and O–H groups in total. The lowest BCUT2D eigenvalue weighted by Gasteiger charge is -2.17. The van der Waals surface area contributed by atoms with E-state index in [-0.39, 0.29) is 22.7 Å². The van der Waals surface area contributed by atoms with Crippen molar-refractivity contribution >= 4 is 27.5 Å². The van der Waals surface area contributed by atoms with Crippen LogP contribution in [0.2, 0.25) is 0 Å². The zero-order valence-electron chi connectivity index (χ0n) is 22.0. The molecule has 4 aromatic heterocycles. The number of hydrogen-bond acceptors (Lipinski definition) is 5. The molecule has 1 atom stereocenters. The van der Waals surface area contributed by atoms with Crippen LogP contribution < -0.4 is 10.3 Å². The second-order valence-electron chi connectivity index (χ2n) is 9.53. The van der Waals surface area contributed by atoms with Crippen LogP contribution in [0.1, 0.15) is 17.0 Å². The van der Waals surface area contributed by atoms with E-state index in [1.54, 1.807) is 57.6 Å². The molecule has 6 rings (SSSR count). The Morgan fingerprint density at radius 3 is 2.45 bits per heavy atom. The Kier molecular flexibility index (Phi) is 6.10. The van der Waals surface area contributed by atoms with Gasteiger partial charge in [0.1, 0.15) is 11.3 Å². The smallest absolute Gasteiger partial charge is 0.275 e. The molecular formula is C29H23F2N5O3S. The van der Waals surface area contributed by atoms with Gasteiger partial charge in [0.25, 0.3) is 5.56 Å². The third-order valence-corrected chi connectivity index (χ3v) is 7.96. The molecule has 0 aliphatic carbocycles. The molecule has 0 radical (unpaired) electrons. The van der Waals surface area contributed by atoms with Crippen molar-refractivity contribution < 1.29 is 17.7 Å². The van der Waals surface area contributed by atoms with Crippen molar-refractivity contribution in [3.8, 4) is 22.8 Å². The van der Waals surface area contributed by atoms with Gasteiger partial charge < -0.3 is 9.30 Å². The summed E-state index contributed by atoms with van der Waals surface area (Å²) in [6.07, 6.45) is 3.23. The maximum Gasteiger partial charge on any atom is 0.275 e. The molecule has 0 amide bonds. The second-order valence-corrected chi connectivity index (χ2v) is 10.9. The summed E-state index contributed by atoms with van der Waals surface area (Å²) >= 11 is 0. The van der Waals surface area contributed by atoms with Crippen LogP contribution in [0.25, 0.3) is 27.7 Å². The first-order chi connectivity index (χ1) is 19.1. The molecular weight excluding hydrogens is 536 g/mol. The molecule has 202 valence electrons. The summed E-state index contributed by atoms with van der Waals surface area (Å²) in [5, 5.41) is 5.00. The molecule has 40 heavy (non-hydrogen) atoms. The van der Waals surface area contributed by atoms with Gasteiger partial charge in [-0.15, -0.1) is 0 Å². The topological polar surface area (TPSA) is 83.4 Å². The van der Waals surface area contributed by atoms with E-state index in [4.69, 9.17) is 4.74 Å². The van der Waals surface area contributed by atoms with E-state index in [1.165, 1.54) is 19.1 Å². The minimum absolute atomic E-state index is 0.133. The molecule has 1 unspecified atom stereocenters. The molecule has 0 bridgehead atoms. The van der Waals surface area contributed by atoms with E-state index in [1.807, 2.05) is 19.1 Å². The number of hydrogen-bond donors (Lipinski definition) is 0. The normalized spacial score (nSPS) is 12.3. The van der Waals surface area contributed by atoms with Crippen molar-refractivity contribution in [2.75, 3.05) is 0 Å². The van der Waals surface area contributed by atoms with Crippen molar-refractivity contribution in [1.29, 1.82) is 0 Å². The Balaban J connectivity index is 1.63. The third kappa shape index (κ3) is 4.19. The fourth-order valence-corrected chi connectivity index (χ4v) is 5.82. The zero-order chi connectivity index (χ0) is 28.3. The fourth-order valence-electron chi connectivity index (χ4n) is 4.71. The first kappa shape index (κ1) is 25.6. The van der Waals surface area contributed by atoms with Crippen LogP contribution in [0.4, 0.5) is 8.78 Å². The highest BCUT2D eigenvalue weighted by atomic mass is 32.2. The number of fused-ring (bicyclic) bond motifs is 2. The van der Waals surface area contributed by atoms with Crippen LogP contribution in [-0.4, -0.2) is 27.3 Å². The van der Waals surface area contributed by atoms with E-state index < -0.39 is 22.6 Å². The van der Waals surface area contributed by atoms with Gasteiger partial charge in [0.15, 0.2) is 28.2 Å². The van der Waals surface area contributed by atoms with Crippen molar-refractivity contribution in [3.05, 3.63) is 106 Å². The molecule has 0 saturated carbocycles. The van der Waals surface area contributed by atoms with Crippen LogP contribution in [-0.2, 0) is 18.0 Å². The predicted molar refractivity (Wildman–Crippen MR) is 148 cm³/mol. The Morgan fingerprint density at radius 2 is 1.73 bits per heavy atom. The average molecular weight is 560 g/mol. The van der Waals surface area contributed by atoms with Crippen molar-refractivity contribution in [2.45, 2.75) is 25.7 Å². The molecule has 0 fully saturated rings. The van der Waals surface area contributed by atoms with Gasteiger partial charge >= 0.3 is 0 Å². The number of aryl methyl sites for hydroxylation is 4. The lowest BCUT2D eigenvalue weighted by Crippen LogP contribution is -2.20. The second kappa shape index (κ2) is 9.53. The van der Waals surface area contributed by atoms with Gasteiger partial charge in [-0.2, -0.15) is 9.61 Å². The number of nitrogens with zero attached hydrogens (tertiary/aromatic N) is 5. The molecule has 0 aliphatic rings. The lowest BCUT2D eigenvalue weighted by molar-refractivity contribution is 0.413. The van der Waals surface area contributed by atoms with E-state index in [0.29, 0.717) is 38.4 Å². The molecule has 8 nitrogen and oxygen atoms in total. The lowest BCUT2D eigenvalue weighted by atomic mass is 10.0. The van der Waals surface area contributed by atoms with Gasteiger partial charge in [0.05, 0.1) is 21.8 Å². The summed E-state index contributed by atoms with van der Waals surface area (Å²) < 4.78 is 52.3. The van der Waals surface area contributed by atoms with E-state index >= 15 is 0 Å². The number of halogens is 2.